The number of hydrogen-bond acceptors (Lipinski definition) is 4. The maximum Gasteiger partial charge on any atom is 0.321 e. The zero-order valence-corrected chi connectivity index (χ0v) is 16.3. The van der Waals surface area contributed by atoms with Gasteiger partial charge < -0.3 is 5.32 Å². The number of aromatic nitrogens is 2. The van der Waals surface area contributed by atoms with Gasteiger partial charge in [0.25, 0.3) is 0 Å². The lowest BCUT2D eigenvalue weighted by atomic mass is 9.98. The fourth-order valence-corrected chi connectivity index (χ4v) is 4.01. The number of thiophene rings is 1. The van der Waals surface area contributed by atoms with Gasteiger partial charge in [-0.1, -0.05) is 31.2 Å². The molecule has 126 valence electrons. The highest BCUT2D eigenvalue weighted by Gasteiger charge is 2.31. The van der Waals surface area contributed by atoms with Crippen LogP contribution >= 0.6 is 45.5 Å². The first-order valence-electron chi connectivity index (χ1n) is 7.23. The van der Waals surface area contributed by atoms with Crippen LogP contribution in [0.1, 0.15) is 30.5 Å². The van der Waals surface area contributed by atoms with Crippen molar-refractivity contribution < 1.29 is 8.78 Å². The second-order valence-corrected chi connectivity index (χ2v) is 7.78. The summed E-state index contributed by atoms with van der Waals surface area (Å²) >= 11 is 8.62. The molecule has 0 saturated carbocycles. The molecule has 0 radical (unpaired) electrons. The molecule has 0 amide bonds. The summed E-state index contributed by atoms with van der Waals surface area (Å²) in [6.45, 7) is 1.94. The third kappa shape index (κ3) is 3.62. The number of rotatable bonds is 5. The first-order valence-corrected chi connectivity index (χ1v) is 9.57. The third-order valence-electron chi connectivity index (χ3n) is 3.64. The highest BCUT2D eigenvalue weighted by atomic mass is 127. The van der Waals surface area contributed by atoms with Gasteiger partial charge in [0.05, 0.1) is 16.3 Å². The standard InChI is InChI=1S/C16H13ClF2IN3S/c1-2-11(9-5-3-4-6-10(9)16(18,19)20)21-14-13-12(7-8-24-13)22-15(17)23-14/h3-8,11H,2H2,1H3,(H,21,22,23). The van der Waals surface area contributed by atoms with Crippen LogP contribution in [0.4, 0.5) is 14.6 Å². The highest BCUT2D eigenvalue weighted by molar-refractivity contribution is 14.1. The van der Waals surface area contributed by atoms with E-state index in [4.69, 9.17) is 11.6 Å². The largest absolute Gasteiger partial charge is 0.362 e. The quantitative estimate of drug-likeness (QED) is 0.262. The molecule has 1 unspecified atom stereocenters. The molecule has 0 aliphatic heterocycles. The summed E-state index contributed by atoms with van der Waals surface area (Å²) in [5, 5.41) is 5.29. The summed E-state index contributed by atoms with van der Waals surface area (Å²) in [7, 11) is 0. The smallest absolute Gasteiger partial charge is 0.321 e. The van der Waals surface area contributed by atoms with E-state index in [9.17, 15) is 8.78 Å². The Hall–Kier alpha value is -1.06. The normalized spacial score (nSPS) is 13.2. The zero-order valence-electron chi connectivity index (χ0n) is 12.6. The SMILES string of the molecule is CCC(Nc1nc(Cl)nc2ccsc12)c1ccccc1C(F)(F)I. The van der Waals surface area contributed by atoms with Crippen molar-refractivity contribution in [3.8, 4) is 0 Å². The molecule has 2 aromatic heterocycles. The van der Waals surface area contributed by atoms with E-state index in [2.05, 4.69) is 15.3 Å². The lowest BCUT2D eigenvalue weighted by molar-refractivity contribution is 0.126. The van der Waals surface area contributed by atoms with Crippen molar-refractivity contribution in [2.24, 2.45) is 0 Å². The Bertz CT molecular complexity index is 866. The molecule has 0 spiro atoms. The van der Waals surface area contributed by atoms with E-state index in [1.165, 1.54) is 17.4 Å². The minimum Gasteiger partial charge on any atom is -0.362 e. The fourth-order valence-electron chi connectivity index (χ4n) is 2.56. The molecular weight excluding hydrogens is 467 g/mol. The predicted octanol–water partition coefficient (Wildman–Crippen LogP) is 6.39. The first-order chi connectivity index (χ1) is 11.4. The number of anilines is 1. The van der Waals surface area contributed by atoms with Gasteiger partial charge in [0, 0.05) is 28.2 Å². The Morgan fingerprint density at radius 1 is 1.29 bits per heavy atom. The van der Waals surface area contributed by atoms with Gasteiger partial charge in [0.2, 0.25) is 5.28 Å². The maximum atomic E-state index is 13.9. The summed E-state index contributed by atoms with van der Waals surface area (Å²) in [6, 6.07) is 8.11. The van der Waals surface area contributed by atoms with Crippen LogP contribution in [0.5, 0.6) is 0 Å². The summed E-state index contributed by atoms with van der Waals surface area (Å²) in [6.07, 6.45) is 0.623. The third-order valence-corrected chi connectivity index (χ3v) is 5.30. The summed E-state index contributed by atoms with van der Waals surface area (Å²) < 4.78 is 25.8. The van der Waals surface area contributed by atoms with Crippen molar-refractivity contribution in [3.05, 3.63) is 52.1 Å². The lowest BCUT2D eigenvalue weighted by Crippen LogP contribution is -2.16. The molecule has 8 heteroatoms. The number of alkyl halides is 3. The van der Waals surface area contributed by atoms with Gasteiger partial charge >= 0.3 is 3.93 Å². The van der Waals surface area contributed by atoms with Crippen molar-refractivity contribution in [2.75, 3.05) is 5.32 Å². The molecule has 2 heterocycles. The number of nitrogens with zero attached hydrogens (tertiary/aromatic N) is 2. The first kappa shape index (κ1) is 17.8. The van der Waals surface area contributed by atoms with Crippen molar-refractivity contribution in [1.82, 2.24) is 9.97 Å². The Balaban J connectivity index is 2.03. The van der Waals surface area contributed by atoms with Crippen LogP contribution in [0.15, 0.2) is 35.7 Å². The van der Waals surface area contributed by atoms with Gasteiger partial charge in [-0.2, -0.15) is 13.8 Å². The molecule has 3 rings (SSSR count). The molecule has 0 saturated heterocycles. The topological polar surface area (TPSA) is 37.8 Å². The van der Waals surface area contributed by atoms with Crippen molar-refractivity contribution in [3.63, 3.8) is 0 Å². The summed E-state index contributed by atoms with van der Waals surface area (Å²) in [5.74, 6) is 0.568. The minimum absolute atomic E-state index is 0.00697. The minimum atomic E-state index is -2.94. The fraction of sp³-hybridized carbons (Fsp3) is 0.250. The Kier molecular flexibility index (Phi) is 5.22. The Morgan fingerprint density at radius 2 is 2.04 bits per heavy atom. The molecule has 24 heavy (non-hydrogen) atoms. The molecular formula is C16H13ClF2IN3S. The van der Waals surface area contributed by atoms with Crippen LogP contribution < -0.4 is 5.32 Å². The highest BCUT2D eigenvalue weighted by Crippen LogP contribution is 2.40. The lowest BCUT2D eigenvalue weighted by Gasteiger charge is -2.23. The molecule has 0 aliphatic carbocycles. The van der Waals surface area contributed by atoms with E-state index in [0.717, 1.165) is 32.8 Å². The van der Waals surface area contributed by atoms with Gasteiger partial charge in [0.15, 0.2) is 0 Å². The van der Waals surface area contributed by atoms with E-state index in [1.54, 1.807) is 18.2 Å². The molecule has 0 aliphatic rings. The molecule has 1 atom stereocenters. The predicted molar refractivity (Wildman–Crippen MR) is 103 cm³/mol. The van der Waals surface area contributed by atoms with Gasteiger partial charge in [-0.15, -0.1) is 11.3 Å². The van der Waals surface area contributed by atoms with E-state index >= 15 is 0 Å². The monoisotopic (exact) mass is 479 g/mol. The Morgan fingerprint density at radius 3 is 2.75 bits per heavy atom. The van der Waals surface area contributed by atoms with Crippen molar-refractivity contribution >= 4 is 61.6 Å². The van der Waals surface area contributed by atoms with Crippen LogP contribution in [0.2, 0.25) is 5.28 Å². The second-order valence-electron chi connectivity index (χ2n) is 5.17. The molecule has 3 nitrogen and oxygen atoms in total. The van der Waals surface area contributed by atoms with Gasteiger partial charge in [0.1, 0.15) is 5.82 Å². The Labute approximate surface area is 160 Å². The van der Waals surface area contributed by atoms with Crippen molar-refractivity contribution in [1.29, 1.82) is 0 Å². The zero-order chi connectivity index (χ0) is 17.3. The average molecular weight is 480 g/mol. The van der Waals surface area contributed by atoms with Crippen LogP contribution in [0.25, 0.3) is 10.2 Å². The van der Waals surface area contributed by atoms with Crippen LogP contribution in [0.3, 0.4) is 0 Å². The van der Waals surface area contributed by atoms with E-state index in [1.807, 2.05) is 18.4 Å². The van der Waals surface area contributed by atoms with Crippen LogP contribution in [-0.2, 0) is 3.93 Å². The van der Waals surface area contributed by atoms with Crippen molar-refractivity contribution in [2.45, 2.75) is 23.3 Å². The van der Waals surface area contributed by atoms with E-state index in [-0.39, 0.29) is 16.9 Å². The van der Waals surface area contributed by atoms with Gasteiger partial charge in [-0.25, -0.2) is 4.98 Å². The van der Waals surface area contributed by atoms with E-state index in [0.29, 0.717) is 17.8 Å². The average Bonchev–Trinajstić information content (AvgIpc) is 3.00. The molecule has 0 bridgehead atoms. The molecule has 0 fully saturated rings. The number of fused-ring (bicyclic) bond motifs is 1. The summed E-state index contributed by atoms with van der Waals surface area (Å²) in [5.41, 5.74) is 1.30. The van der Waals surface area contributed by atoms with Gasteiger partial charge in [-0.3, -0.25) is 0 Å². The van der Waals surface area contributed by atoms with Crippen LogP contribution in [-0.4, -0.2) is 9.97 Å². The maximum absolute atomic E-state index is 13.9. The number of benzene rings is 1. The number of halogens is 4. The van der Waals surface area contributed by atoms with Crippen LogP contribution in [0, 0.1) is 0 Å². The van der Waals surface area contributed by atoms with Gasteiger partial charge in [-0.05, 0) is 35.0 Å². The second kappa shape index (κ2) is 7.05. The molecule has 1 aromatic carbocycles. The number of hydrogen-bond donors (Lipinski definition) is 1. The van der Waals surface area contributed by atoms with E-state index < -0.39 is 3.93 Å². The molecule has 1 N–H and O–H groups in total. The molecule has 3 aromatic rings. The summed E-state index contributed by atoms with van der Waals surface area (Å²) in [4.78, 5) is 8.41. The number of nitrogens with one attached hydrogen (secondary N) is 1.